The van der Waals surface area contributed by atoms with Crippen molar-refractivity contribution in [2.45, 2.75) is 18.2 Å². The van der Waals surface area contributed by atoms with Gasteiger partial charge in [-0.05, 0) is 18.6 Å². The monoisotopic (exact) mass is 218 g/mol. The standard InChI is InChI=1S/C8H11ClN2OS/c1-2-5-13(10,12)7-3-4-8(9)11-6-7/h3-4,6,10H,2,5H2,1H3. The Morgan fingerprint density at radius 1 is 1.62 bits per heavy atom. The first-order valence-corrected chi connectivity index (χ1v) is 6.05. The lowest BCUT2D eigenvalue weighted by Crippen LogP contribution is -2.03. The molecule has 0 aromatic carbocycles. The van der Waals surface area contributed by atoms with Crippen molar-refractivity contribution >= 4 is 21.3 Å². The van der Waals surface area contributed by atoms with Crippen LogP contribution in [0.2, 0.25) is 5.15 Å². The van der Waals surface area contributed by atoms with Gasteiger partial charge in [-0.1, -0.05) is 18.5 Å². The van der Waals surface area contributed by atoms with E-state index in [-0.39, 0.29) is 0 Å². The molecule has 1 heterocycles. The van der Waals surface area contributed by atoms with Crippen molar-refractivity contribution in [3.63, 3.8) is 0 Å². The van der Waals surface area contributed by atoms with Crippen molar-refractivity contribution in [1.82, 2.24) is 4.98 Å². The minimum absolute atomic E-state index is 0.357. The summed E-state index contributed by atoms with van der Waals surface area (Å²) in [6.45, 7) is 1.90. The molecular weight excluding hydrogens is 208 g/mol. The molecule has 0 saturated heterocycles. The first-order valence-electron chi connectivity index (χ1n) is 3.94. The topological polar surface area (TPSA) is 53.8 Å². The molecule has 1 N–H and O–H groups in total. The SMILES string of the molecule is CCCS(=N)(=O)c1ccc(Cl)nc1. The van der Waals surface area contributed by atoms with E-state index in [2.05, 4.69) is 4.98 Å². The van der Waals surface area contributed by atoms with E-state index in [0.717, 1.165) is 6.42 Å². The van der Waals surface area contributed by atoms with Crippen LogP contribution < -0.4 is 0 Å². The molecule has 0 amide bonds. The Bertz CT molecular complexity index is 372. The van der Waals surface area contributed by atoms with Gasteiger partial charge in [-0.2, -0.15) is 0 Å². The number of hydrogen-bond acceptors (Lipinski definition) is 3. The summed E-state index contributed by atoms with van der Waals surface area (Å²) in [6, 6.07) is 3.15. The van der Waals surface area contributed by atoms with Crippen molar-refractivity contribution in [2.24, 2.45) is 0 Å². The van der Waals surface area contributed by atoms with Gasteiger partial charge in [-0.3, -0.25) is 0 Å². The quantitative estimate of drug-likeness (QED) is 0.793. The molecule has 72 valence electrons. The number of aromatic nitrogens is 1. The van der Waals surface area contributed by atoms with E-state index in [1.165, 1.54) is 6.20 Å². The van der Waals surface area contributed by atoms with Gasteiger partial charge in [-0.25, -0.2) is 14.0 Å². The van der Waals surface area contributed by atoms with Gasteiger partial charge in [-0.15, -0.1) is 0 Å². The van der Waals surface area contributed by atoms with Crippen LogP contribution in [0.25, 0.3) is 0 Å². The van der Waals surface area contributed by atoms with Gasteiger partial charge in [0.25, 0.3) is 0 Å². The predicted octanol–water partition coefficient (Wildman–Crippen LogP) is 2.55. The van der Waals surface area contributed by atoms with Crippen molar-refractivity contribution in [3.05, 3.63) is 23.5 Å². The summed E-state index contributed by atoms with van der Waals surface area (Å²) in [7, 11) is -2.65. The van der Waals surface area contributed by atoms with Crippen LogP contribution in [0.4, 0.5) is 0 Å². The lowest BCUT2D eigenvalue weighted by atomic mass is 10.5. The van der Waals surface area contributed by atoms with Crippen LogP contribution in [0, 0.1) is 4.78 Å². The Kier molecular flexibility index (Phi) is 3.27. The molecule has 13 heavy (non-hydrogen) atoms. The summed E-state index contributed by atoms with van der Waals surface area (Å²) in [6.07, 6.45) is 2.14. The van der Waals surface area contributed by atoms with Gasteiger partial charge in [0.1, 0.15) is 5.15 Å². The predicted molar refractivity (Wildman–Crippen MR) is 53.5 cm³/mol. The Labute approximate surface area is 83.1 Å². The zero-order valence-corrected chi connectivity index (χ0v) is 8.86. The van der Waals surface area contributed by atoms with Crippen LogP contribution >= 0.6 is 11.6 Å². The molecule has 0 bridgehead atoms. The van der Waals surface area contributed by atoms with Crippen LogP contribution in [0.15, 0.2) is 23.2 Å². The molecule has 5 heteroatoms. The number of nitrogens with one attached hydrogen (secondary N) is 1. The zero-order chi connectivity index (χ0) is 9.90. The van der Waals surface area contributed by atoms with E-state index in [9.17, 15) is 4.21 Å². The Morgan fingerprint density at radius 3 is 2.77 bits per heavy atom. The first-order chi connectivity index (χ1) is 6.06. The van der Waals surface area contributed by atoms with Crippen LogP contribution in [-0.2, 0) is 9.73 Å². The fourth-order valence-corrected chi connectivity index (χ4v) is 2.40. The molecule has 1 rings (SSSR count). The number of hydrogen-bond donors (Lipinski definition) is 1. The van der Waals surface area contributed by atoms with E-state index in [1.54, 1.807) is 12.1 Å². The summed E-state index contributed by atoms with van der Waals surface area (Å²) >= 11 is 5.57. The fraction of sp³-hybridized carbons (Fsp3) is 0.375. The molecule has 0 aliphatic heterocycles. The highest BCUT2D eigenvalue weighted by molar-refractivity contribution is 7.92. The fourth-order valence-electron chi connectivity index (χ4n) is 0.963. The Balaban J connectivity index is 3.02. The maximum absolute atomic E-state index is 11.7. The van der Waals surface area contributed by atoms with E-state index >= 15 is 0 Å². The van der Waals surface area contributed by atoms with Crippen molar-refractivity contribution in [2.75, 3.05) is 5.75 Å². The van der Waals surface area contributed by atoms with Crippen LogP contribution in [0.5, 0.6) is 0 Å². The third-order valence-electron chi connectivity index (χ3n) is 1.57. The Hall–Kier alpha value is -0.610. The second-order valence-electron chi connectivity index (χ2n) is 2.70. The molecule has 3 nitrogen and oxygen atoms in total. The van der Waals surface area contributed by atoms with Gasteiger partial charge >= 0.3 is 0 Å². The molecule has 0 aliphatic carbocycles. The third-order valence-corrected chi connectivity index (χ3v) is 3.78. The maximum atomic E-state index is 11.7. The highest BCUT2D eigenvalue weighted by Crippen LogP contribution is 2.13. The highest BCUT2D eigenvalue weighted by atomic mass is 35.5. The second-order valence-corrected chi connectivity index (χ2v) is 5.31. The van der Waals surface area contributed by atoms with Crippen LogP contribution in [0.3, 0.4) is 0 Å². The van der Waals surface area contributed by atoms with E-state index in [0.29, 0.717) is 15.8 Å². The summed E-state index contributed by atoms with van der Waals surface area (Å²) in [5.41, 5.74) is 0. The maximum Gasteiger partial charge on any atom is 0.129 e. The summed E-state index contributed by atoms with van der Waals surface area (Å²) < 4.78 is 19.3. The Morgan fingerprint density at radius 2 is 2.31 bits per heavy atom. The van der Waals surface area contributed by atoms with Gasteiger partial charge in [0.2, 0.25) is 0 Å². The summed E-state index contributed by atoms with van der Waals surface area (Å²) in [4.78, 5) is 4.25. The molecule has 1 unspecified atom stereocenters. The molecule has 0 spiro atoms. The van der Waals surface area contributed by atoms with Gasteiger partial charge < -0.3 is 0 Å². The van der Waals surface area contributed by atoms with Crippen molar-refractivity contribution in [3.8, 4) is 0 Å². The molecule has 1 aromatic rings. The molecule has 1 atom stereocenters. The molecule has 0 aliphatic rings. The third kappa shape index (κ3) is 2.67. The summed E-state index contributed by atoms with van der Waals surface area (Å²) in [5, 5.41) is 0.357. The lowest BCUT2D eigenvalue weighted by molar-refractivity contribution is 0.673. The average Bonchev–Trinajstić information content (AvgIpc) is 2.05. The van der Waals surface area contributed by atoms with Crippen molar-refractivity contribution in [1.29, 1.82) is 4.78 Å². The van der Waals surface area contributed by atoms with Crippen LogP contribution in [-0.4, -0.2) is 14.9 Å². The summed E-state index contributed by atoms with van der Waals surface area (Å²) in [5.74, 6) is 0.371. The molecule has 1 aromatic heterocycles. The van der Waals surface area contributed by atoms with E-state index in [1.807, 2.05) is 6.92 Å². The lowest BCUT2D eigenvalue weighted by Gasteiger charge is -2.04. The van der Waals surface area contributed by atoms with Gasteiger partial charge in [0.05, 0.1) is 14.6 Å². The number of pyridine rings is 1. The minimum atomic E-state index is -2.65. The number of nitrogens with zero attached hydrogens (tertiary/aromatic N) is 1. The molecule has 0 fully saturated rings. The normalized spacial score (nSPS) is 15.2. The number of halogens is 1. The number of rotatable bonds is 3. The van der Waals surface area contributed by atoms with E-state index in [4.69, 9.17) is 16.4 Å². The minimum Gasteiger partial charge on any atom is -0.249 e. The van der Waals surface area contributed by atoms with Gasteiger partial charge in [0, 0.05) is 11.9 Å². The van der Waals surface area contributed by atoms with Crippen LogP contribution in [0.1, 0.15) is 13.3 Å². The largest absolute Gasteiger partial charge is 0.249 e. The van der Waals surface area contributed by atoms with E-state index < -0.39 is 9.73 Å². The highest BCUT2D eigenvalue weighted by Gasteiger charge is 2.08. The molecular formula is C8H11ClN2OS. The molecule has 0 radical (unpaired) electrons. The zero-order valence-electron chi connectivity index (χ0n) is 7.29. The molecule has 0 saturated carbocycles. The average molecular weight is 219 g/mol. The first kappa shape index (κ1) is 10.5. The van der Waals surface area contributed by atoms with Gasteiger partial charge in [0.15, 0.2) is 0 Å². The smallest absolute Gasteiger partial charge is 0.129 e. The van der Waals surface area contributed by atoms with Crippen molar-refractivity contribution < 1.29 is 4.21 Å². The second kappa shape index (κ2) is 4.07.